The molecule has 3 fully saturated rings. The van der Waals surface area contributed by atoms with Crippen molar-refractivity contribution in [2.75, 3.05) is 53.0 Å². The standard InChI is InChI=1S/C20H35N3O4.2ClH/c1-26-20(25)15-27-18-4-2-17(3-5-18)23-13-12-22(14-19(23)24)11-8-16-6-9-21-10-7-16;;/h16-18,21H,2-15H2,1H3;2*1H/t17-,18-;;. The summed E-state index contributed by atoms with van der Waals surface area (Å²) < 4.78 is 10.2. The zero-order chi connectivity index (χ0) is 19.1. The van der Waals surface area contributed by atoms with Gasteiger partial charge in [0.2, 0.25) is 5.91 Å². The third-order valence-electron chi connectivity index (χ3n) is 6.40. The van der Waals surface area contributed by atoms with Crippen LogP contribution in [0.5, 0.6) is 0 Å². The van der Waals surface area contributed by atoms with E-state index in [-0.39, 0.29) is 49.4 Å². The molecule has 1 amide bonds. The van der Waals surface area contributed by atoms with Crippen LogP contribution in [-0.2, 0) is 19.1 Å². The maximum absolute atomic E-state index is 12.7. The zero-order valence-electron chi connectivity index (χ0n) is 17.5. The average molecular weight is 454 g/mol. The highest BCUT2D eigenvalue weighted by Crippen LogP contribution is 2.26. The van der Waals surface area contributed by atoms with E-state index in [1.54, 1.807) is 0 Å². The lowest BCUT2D eigenvalue weighted by atomic mass is 9.91. The van der Waals surface area contributed by atoms with Gasteiger partial charge in [-0.25, -0.2) is 4.79 Å². The smallest absolute Gasteiger partial charge is 0.331 e. The molecule has 3 aliphatic rings. The van der Waals surface area contributed by atoms with Crippen LogP contribution in [0.15, 0.2) is 0 Å². The fourth-order valence-corrected chi connectivity index (χ4v) is 4.62. The van der Waals surface area contributed by atoms with Crippen molar-refractivity contribution in [1.29, 1.82) is 0 Å². The minimum Gasteiger partial charge on any atom is -0.467 e. The van der Waals surface area contributed by atoms with E-state index in [2.05, 4.69) is 19.9 Å². The molecule has 0 unspecified atom stereocenters. The Morgan fingerprint density at radius 3 is 2.38 bits per heavy atom. The summed E-state index contributed by atoms with van der Waals surface area (Å²) in [6, 6.07) is 0.335. The molecule has 1 aliphatic carbocycles. The highest BCUT2D eigenvalue weighted by molar-refractivity contribution is 5.85. The average Bonchev–Trinajstić information content (AvgIpc) is 2.72. The van der Waals surface area contributed by atoms with Gasteiger partial charge < -0.3 is 19.7 Å². The van der Waals surface area contributed by atoms with Gasteiger partial charge >= 0.3 is 5.97 Å². The summed E-state index contributed by atoms with van der Waals surface area (Å²) in [6.07, 6.45) is 7.62. The number of esters is 1. The van der Waals surface area contributed by atoms with Crippen LogP contribution >= 0.6 is 24.8 Å². The molecule has 2 saturated heterocycles. The summed E-state index contributed by atoms with van der Waals surface area (Å²) in [7, 11) is 1.38. The molecule has 29 heavy (non-hydrogen) atoms. The van der Waals surface area contributed by atoms with Crippen LogP contribution in [0.4, 0.5) is 0 Å². The van der Waals surface area contributed by atoms with E-state index in [1.165, 1.54) is 26.4 Å². The van der Waals surface area contributed by atoms with Crippen LogP contribution in [0.3, 0.4) is 0 Å². The third-order valence-corrected chi connectivity index (χ3v) is 6.40. The van der Waals surface area contributed by atoms with E-state index in [0.717, 1.165) is 64.3 Å². The van der Waals surface area contributed by atoms with Gasteiger partial charge in [-0.1, -0.05) is 0 Å². The number of piperidine rings is 1. The number of rotatable bonds is 7. The second-order valence-corrected chi connectivity index (χ2v) is 8.16. The van der Waals surface area contributed by atoms with Crippen molar-refractivity contribution in [3.8, 4) is 0 Å². The number of hydrogen-bond donors (Lipinski definition) is 1. The summed E-state index contributed by atoms with van der Waals surface area (Å²) in [5.74, 6) is 0.776. The first-order chi connectivity index (χ1) is 13.2. The monoisotopic (exact) mass is 453 g/mol. The second-order valence-electron chi connectivity index (χ2n) is 8.16. The van der Waals surface area contributed by atoms with E-state index < -0.39 is 0 Å². The molecular formula is C20H37Cl2N3O4. The number of halogens is 2. The van der Waals surface area contributed by atoms with Crippen molar-refractivity contribution in [2.45, 2.75) is 57.1 Å². The molecule has 170 valence electrons. The van der Waals surface area contributed by atoms with E-state index in [9.17, 15) is 9.59 Å². The maximum atomic E-state index is 12.7. The lowest BCUT2D eigenvalue weighted by Crippen LogP contribution is -2.55. The number of hydrogen-bond acceptors (Lipinski definition) is 6. The number of methoxy groups -OCH3 is 1. The van der Waals surface area contributed by atoms with Gasteiger partial charge in [-0.15, -0.1) is 24.8 Å². The molecule has 1 saturated carbocycles. The van der Waals surface area contributed by atoms with Crippen molar-refractivity contribution < 1.29 is 19.1 Å². The number of nitrogens with one attached hydrogen (secondary N) is 1. The van der Waals surface area contributed by atoms with Gasteiger partial charge in [-0.05, 0) is 70.5 Å². The van der Waals surface area contributed by atoms with Crippen LogP contribution < -0.4 is 5.32 Å². The summed E-state index contributed by atoms with van der Waals surface area (Å²) >= 11 is 0. The van der Waals surface area contributed by atoms with Gasteiger partial charge in [0.1, 0.15) is 6.61 Å². The Balaban J connectivity index is 0.00000210. The van der Waals surface area contributed by atoms with Crippen LogP contribution in [-0.4, -0.2) is 86.8 Å². The lowest BCUT2D eigenvalue weighted by Gasteiger charge is -2.42. The Morgan fingerprint density at radius 2 is 1.76 bits per heavy atom. The number of amides is 1. The first kappa shape index (κ1) is 26.4. The molecule has 0 aromatic rings. The zero-order valence-corrected chi connectivity index (χ0v) is 19.1. The van der Waals surface area contributed by atoms with Crippen LogP contribution in [0.25, 0.3) is 0 Å². The summed E-state index contributed by atoms with van der Waals surface area (Å²) in [5, 5.41) is 3.42. The predicted molar refractivity (Wildman–Crippen MR) is 117 cm³/mol. The normalized spacial score (nSPS) is 26.4. The van der Waals surface area contributed by atoms with Crippen molar-refractivity contribution in [1.82, 2.24) is 15.1 Å². The molecule has 0 bridgehead atoms. The molecule has 1 N–H and O–H groups in total. The molecule has 0 aromatic heterocycles. The predicted octanol–water partition coefficient (Wildman–Crippen LogP) is 1.86. The van der Waals surface area contributed by atoms with Crippen molar-refractivity contribution in [3.63, 3.8) is 0 Å². The Labute approximate surface area is 187 Å². The molecule has 2 heterocycles. The first-order valence-corrected chi connectivity index (χ1v) is 10.6. The number of nitrogens with zero attached hydrogens (tertiary/aromatic N) is 2. The molecule has 3 rings (SSSR count). The quantitative estimate of drug-likeness (QED) is 0.593. The van der Waals surface area contributed by atoms with Gasteiger partial charge in [0.05, 0.1) is 19.8 Å². The Hall–Kier alpha value is -0.600. The van der Waals surface area contributed by atoms with E-state index >= 15 is 0 Å². The highest BCUT2D eigenvalue weighted by Gasteiger charge is 2.32. The lowest BCUT2D eigenvalue weighted by molar-refractivity contribution is -0.149. The number of carbonyl (C=O) groups is 2. The van der Waals surface area contributed by atoms with Crippen LogP contribution in [0.1, 0.15) is 44.9 Å². The SMILES string of the molecule is COC(=O)CO[C@H]1CC[C@H](N2CCN(CCC3CCNCC3)CC2=O)CC1.Cl.Cl. The molecule has 0 atom stereocenters. The second kappa shape index (κ2) is 13.7. The largest absolute Gasteiger partial charge is 0.467 e. The summed E-state index contributed by atoms with van der Waals surface area (Å²) in [6.45, 7) is 5.79. The number of piperazine rings is 1. The van der Waals surface area contributed by atoms with Gasteiger partial charge in [0.25, 0.3) is 0 Å². The van der Waals surface area contributed by atoms with Crippen LogP contribution in [0, 0.1) is 5.92 Å². The fourth-order valence-electron chi connectivity index (χ4n) is 4.62. The van der Waals surface area contributed by atoms with Crippen molar-refractivity contribution in [2.24, 2.45) is 5.92 Å². The molecular weight excluding hydrogens is 417 g/mol. The summed E-state index contributed by atoms with van der Waals surface area (Å²) in [5.41, 5.74) is 0. The number of carbonyl (C=O) groups excluding carboxylic acids is 2. The van der Waals surface area contributed by atoms with E-state index in [4.69, 9.17) is 4.74 Å². The molecule has 2 aliphatic heterocycles. The highest BCUT2D eigenvalue weighted by atomic mass is 35.5. The van der Waals surface area contributed by atoms with Crippen LogP contribution in [0.2, 0.25) is 0 Å². The van der Waals surface area contributed by atoms with Gasteiger partial charge in [-0.3, -0.25) is 9.69 Å². The molecule has 0 aromatic carbocycles. The van der Waals surface area contributed by atoms with Crippen molar-refractivity contribution >= 4 is 36.7 Å². The Kier molecular flexibility index (Phi) is 12.4. The van der Waals surface area contributed by atoms with E-state index in [1.807, 2.05) is 0 Å². The molecule has 0 radical (unpaired) electrons. The third kappa shape index (κ3) is 8.21. The van der Waals surface area contributed by atoms with Crippen molar-refractivity contribution in [3.05, 3.63) is 0 Å². The summed E-state index contributed by atoms with van der Waals surface area (Å²) in [4.78, 5) is 28.3. The molecule has 7 nitrogen and oxygen atoms in total. The molecule has 9 heteroatoms. The Morgan fingerprint density at radius 1 is 1.07 bits per heavy atom. The minimum atomic E-state index is -0.326. The molecule has 0 spiro atoms. The fraction of sp³-hybridized carbons (Fsp3) is 0.900. The van der Waals surface area contributed by atoms with Gasteiger partial charge in [0, 0.05) is 19.1 Å². The topological polar surface area (TPSA) is 71.1 Å². The minimum absolute atomic E-state index is 0. The Bertz CT molecular complexity index is 498. The maximum Gasteiger partial charge on any atom is 0.331 e. The van der Waals surface area contributed by atoms with E-state index in [0.29, 0.717) is 12.6 Å². The number of ether oxygens (including phenoxy) is 2. The van der Waals surface area contributed by atoms with Gasteiger partial charge in [0.15, 0.2) is 0 Å². The van der Waals surface area contributed by atoms with Gasteiger partial charge in [-0.2, -0.15) is 0 Å². The first-order valence-electron chi connectivity index (χ1n) is 10.6.